The van der Waals surface area contributed by atoms with E-state index in [1.807, 2.05) is 17.8 Å². The quantitative estimate of drug-likeness (QED) is 0.224. The summed E-state index contributed by atoms with van der Waals surface area (Å²) < 4.78 is 0. The summed E-state index contributed by atoms with van der Waals surface area (Å²) in [5.74, 6) is 0.996. The van der Waals surface area contributed by atoms with E-state index < -0.39 is 0 Å². The van der Waals surface area contributed by atoms with Gasteiger partial charge in [-0.25, -0.2) is 9.97 Å². The molecule has 0 saturated heterocycles. The van der Waals surface area contributed by atoms with Gasteiger partial charge < -0.3 is 5.32 Å². The van der Waals surface area contributed by atoms with Gasteiger partial charge in [0.1, 0.15) is 5.37 Å². The Morgan fingerprint density at radius 1 is 0.732 bits per heavy atom. The van der Waals surface area contributed by atoms with E-state index >= 15 is 0 Å². The van der Waals surface area contributed by atoms with Crippen LogP contribution in [0.25, 0.3) is 44.2 Å². The molecule has 6 aromatic rings. The smallest absolute Gasteiger partial charge is 0.160 e. The Balaban J connectivity index is 1.36. The van der Waals surface area contributed by atoms with Crippen LogP contribution in [0.15, 0.2) is 138 Å². The Bertz CT molecular complexity index is 1980. The number of rotatable bonds is 4. The summed E-state index contributed by atoms with van der Waals surface area (Å²) >= 11 is 1.88. The highest BCUT2D eigenvalue weighted by Crippen LogP contribution is 2.52. The third-order valence-electron chi connectivity index (χ3n) is 8.03. The predicted molar refractivity (Wildman–Crippen MR) is 172 cm³/mol. The second kappa shape index (κ2) is 10.1. The lowest BCUT2D eigenvalue weighted by molar-refractivity contribution is 0.811. The van der Waals surface area contributed by atoms with Gasteiger partial charge in [-0.3, -0.25) is 0 Å². The van der Waals surface area contributed by atoms with Gasteiger partial charge in [-0.2, -0.15) is 0 Å². The van der Waals surface area contributed by atoms with E-state index in [1.165, 1.54) is 37.7 Å². The molecule has 1 N–H and O–H groups in total. The van der Waals surface area contributed by atoms with Crippen molar-refractivity contribution in [3.63, 3.8) is 0 Å². The molecule has 2 heterocycles. The average Bonchev–Trinajstić information content (AvgIpc) is 3.50. The molecule has 1 aromatic heterocycles. The molecule has 2 aliphatic rings. The number of hydrogen-bond donors (Lipinski definition) is 1. The van der Waals surface area contributed by atoms with Crippen molar-refractivity contribution >= 4 is 39.0 Å². The molecule has 5 aromatic carbocycles. The zero-order valence-corrected chi connectivity index (χ0v) is 23.2. The molecule has 41 heavy (non-hydrogen) atoms. The van der Waals surface area contributed by atoms with Crippen LogP contribution in [0.4, 0.5) is 5.69 Å². The van der Waals surface area contributed by atoms with E-state index in [4.69, 9.17) is 9.97 Å². The number of benzene rings is 5. The number of hydrogen-bond acceptors (Lipinski definition) is 4. The van der Waals surface area contributed by atoms with Gasteiger partial charge in [-0.15, -0.1) is 0 Å². The van der Waals surface area contributed by atoms with E-state index in [0.29, 0.717) is 0 Å². The van der Waals surface area contributed by atoms with E-state index in [1.54, 1.807) is 0 Å². The molecule has 3 nitrogen and oxygen atoms in total. The lowest BCUT2D eigenvalue weighted by Gasteiger charge is -2.18. The highest BCUT2D eigenvalue weighted by atomic mass is 32.2. The summed E-state index contributed by atoms with van der Waals surface area (Å²) in [6, 6.07) is 38.8. The first kappa shape index (κ1) is 24.2. The summed E-state index contributed by atoms with van der Waals surface area (Å²) in [6.45, 7) is 0. The number of fused-ring (bicyclic) bond motifs is 5. The Morgan fingerprint density at radius 2 is 1.54 bits per heavy atom. The van der Waals surface area contributed by atoms with E-state index in [-0.39, 0.29) is 11.3 Å². The van der Waals surface area contributed by atoms with Crippen LogP contribution in [0.3, 0.4) is 0 Å². The standard InChI is InChI=1S/C37H27N3S/c1-4-12-24(13-5-1)31-23-32(25-14-6-2-7-15-25)39-36(38-31)30-22-27-18-10-11-19-28(27)34-29(30)20-21-33-35(34)40-37(41-33)26-16-8-3-9-17-26/h1-14,16-23,25,37,40H,15H2. The van der Waals surface area contributed by atoms with Gasteiger partial charge in [-0.05, 0) is 46.3 Å². The first-order chi connectivity index (χ1) is 20.3. The Kier molecular flexibility index (Phi) is 5.93. The molecule has 2 atom stereocenters. The van der Waals surface area contributed by atoms with Crippen LogP contribution in [0.1, 0.15) is 29.0 Å². The molecule has 0 amide bonds. The summed E-state index contributed by atoms with van der Waals surface area (Å²) in [5.41, 5.74) is 6.64. The molecule has 2 unspecified atom stereocenters. The van der Waals surface area contributed by atoms with Crippen molar-refractivity contribution in [1.29, 1.82) is 0 Å². The van der Waals surface area contributed by atoms with Crippen molar-refractivity contribution in [3.05, 3.63) is 145 Å². The van der Waals surface area contributed by atoms with Crippen molar-refractivity contribution in [2.24, 2.45) is 0 Å². The highest BCUT2D eigenvalue weighted by molar-refractivity contribution is 8.00. The fraction of sp³-hybridized carbons (Fsp3) is 0.0811. The second-order valence-electron chi connectivity index (χ2n) is 10.6. The lowest BCUT2D eigenvalue weighted by atomic mass is 9.93. The molecule has 8 rings (SSSR count). The van der Waals surface area contributed by atoms with Crippen molar-refractivity contribution in [2.75, 3.05) is 5.32 Å². The van der Waals surface area contributed by atoms with Crippen molar-refractivity contribution in [3.8, 4) is 22.6 Å². The number of allylic oxidation sites excluding steroid dienone is 4. The first-order valence-electron chi connectivity index (χ1n) is 14.1. The van der Waals surface area contributed by atoms with Crippen LogP contribution < -0.4 is 5.32 Å². The fourth-order valence-electron chi connectivity index (χ4n) is 6.00. The summed E-state index contributed by atoms with van der Waals surface area (Å²) in [5, 5.41) is 8.88. The SMILES string of the molecule is C1=CCC(c2cc(-c3ccccc3)nc(-c3cc4ccccc4c4c5c(ccc34)SC(c3ccccc3)N5)n2)C=C1. The van der Waals surface area contributed by atoms with Gasteiger partial charge in [-0.1, -0.05) is 127 Å². The van der Waals surface area contributed by atoms with Crippen LogP contribution in [-0.4, -0.2) is 9.97 Å². The minimum Gasteiger partial charge on any atom is -0.368 e. The number of nitrogens with one attached hydrogen (secondary N) is 1. The molecule has 196 valence electrons. The molecule has 0 fully saturated rings. The number of aromatic nitrogens is 2. The van der Waals surface area contributed by atoms with Crippen LogP contribution in [-0.2, 0) is 0 Å². The van der Waals surface area contributed by atoms with Gasteiger partial charge in [0.2, 0.25) is 0 Å². The van der Waals surface area contributed by atoms with Crippen molar-refractivity contribution in [2.45, 2.75) is 22.6 Å². The zero-order chi connectivity index (χ0) is 27.2. The molecule has 0 spiro atoms. The topological polar surface area (TPSA) is 37.8 Å². The molecule has 1 aliphatic heterocycles. The average molecular weight is 546 g/mol. The molecule has 4 heteroatoms. The zero-order valence-electron chi connectivity index (χ0n) is 22.4. The maximum atomic E-state index is 5.24. The lowest BCUT2D eigenvalue weighted by Crippen LogP contribution is -2.04. The summed E-state index contributed by atoms with van der Waals surface area (Å²) in [7, 11) is 0. The monoisotopic (exact) mass is 545 g/mol. The summed E-state index contributed by atoms with van der Waals surface area (Å²) in [6.07, 6.45) is 9.64. The normalized spacial score (nSPS) is 17.6. The molecular formula is C37H27N3S. The fourth-order valence-corrected chi connectivity index (χ4v) is 7.15. The van der Waals surface area contributed by atoms with Gasteiger partial charge in [0, 0.05) is 27.3 Å². The van der Waals surface area contributed by atoms with E-state index in [2.05, 4.69) is 133 Å². The highest BCUT2D eigenvalue weighted by Gasteiger charge is 2.27. The second-order valence-corrected chi connectivity index (χ2v) is 11.7. The molecular weight excluding hydrogens is 518 g/mol. The Hall–Kier alpha value is -4.67. The molecule has 0 bridgehead atoms. The first-order valence-corrected chi connectivity index (χ1v) is 14.9. The van der Waals surface area contributed by atoms with Gasteiger partial charge >= 0.3 is 0 Å². The molecule has 1 aliphatic carbocycles. The Labute approximate surface area is 243 Å². The minimum atomic E-state index is 0.176. The van der Waals surface area contributed by atoms with Crippen LogP contribution in [0, 0.1) is 0 Å². The maximum absolute atomic E-state index is 5.24. The predicted octanol–water partition coefficient (Wildman–Crippen LogP) is 9.93. The third-order valence-corrected chi connectivity index (χ3v) is 9.25. The molecule has 0 saturated carbocycles. The minimum absolute atomic E-state index is 0.176. The van der Waals surface area contributed by atoms with Gasteiger partial charge in [0.05, 0.1) is 17.1 Å². The number of anilines is 1. The van der Waals surface area contributed by atoms with Crippen LogP contribution >= 0.6 is 11.8 Å². The molecule has 0 radical (unpaired) electrons. The summed E-state index contributed by atoms with van der Waals surface area (Å²) in [4.78, 5) is 11.7. The number of nitrogens with zero attached hydrogens (tertiary/aromatic N) is 2. The van der Waals surface area contributed by atoms with E-state index in [0.717, 1.165) is 34.8 Å². The van der Waals surface area contributed by atoms with Gasteiger partial charge in [0.15, 0.2) is 5.82 Å². The third kappa shape index (κ3) is 4.32. The van der Waals surface area contributed by atoms with Crippen molar-refractivity contribution in [1.82, 2.24) is 9.97 Å². The van der Waals surface area contributed by atoms with Crippen LogP contribution in [0.2, 0.25) is 0 Å². The maximum Gasteiger partial charge on any atom is 0.160 e. The van der Waals surface area contributed by atoms with E-state index in [9.17, 15) is 0 Å². The Morgan fingerprint density at radius 3 is 2.37 bits per heavy atom. The number of thioether (sulfide) groups is 1. The van der Waals surface area contributed by atoms with Crippen molar-refractivity contribution < 1.29 is 0 Å². The largest absolute Gasteiger partial charge is 0.368 e. The van der Waals surface area contributed by atoms with Gasteiger partial charge in [0.25, 0.3) is 0 Å². The van der Waals surface area contributed by atoms with Crippen LogP contribution in [0.5, 0.6) is 0 Å².